The third-order valence-electron chi connectivity index (χ3n) is 5.89. The van der Waals surface area contributed by atoms with Crippen molar-refractivity contribution in [3.8, 4) is 5.75 Å². The molecule has 4 nitrogen and oxygen atoms in total. The third kappa shape index (κ3) is 3.09. The zero-order valence-corrected chi connectivity index (χ0v) is 13.7. The summed E-state index contributed by atoms with van der Waals surface area (Å²) in [4.78, 5) is 14.9. The fourth-order valence-electron chi connectivity index (χ4n) is 4.28. The van der Waals surface area contributed by atoms with E-state index < -0.39 is 0 Å². The van der Waals surface area contributed by atoms with Gasteiger partial charge in [-0.3, -0.25) is 4.79 Å². The first-order valence-electron chi connectivity index (χ1n) is 8.98. The minimum Gasteiger partial charge on any atom is -0.490 e. The summed E-state index contributed by atoms with van der Waals surface area (Å²) in [6, 6.07) is 10.0. The number of benzene rings is 1. The average Bonchev–Trinajstić information content (AvgIpc) is 3.29. The fraction of sp³-hybridized carbons (Fsp3) is 0.632. The smallest absolute Gasteiger partial charge is 0.226 e. The van der Waals surface area contributed by atoms with Gasteiger partial charge >= 0.3 is 0 Å². The number of nitrogens with zero attached hydrogens (tertiary/aromatic N) is 1. The minimum absolute atomic E-state index is 0.244. The maximum Gasteiger partial charge on any atom is 0.226 e. The lowest BCUT2D eigenvalue weighted by atomic mass is 9.91. The average molecular weight is 314 g/mol. The highest BCUT2D eigenvalue weighted by Crippen LogP contribution is 2.59. The molecule has 1 atom stereocenters. The Bertz CT molecular complexity index is 546. The van der Waals surface area contributed by atoms with E-state index in [1.807, 2.05) is 30.3 Å². The Labute approximate surface area is 138 Å². The van der Waals surface area contributed by atoms with Crippen LogP contribution >= 0.6 is 0 Å². The van der Waals surface area contributed by atoms with E-state index in [0.29, 0.717) is 17.2 Å². The number of nitrogens with one attached hydrogen (secondary N) is 1. The Morgan fingerprint density at radius 1 is 1.13 bits per heavy atom. The standard InChI is InChI=1S/C19H26N2O2/c22-18(17-14-19(17)8-10-20-11-9-19)21-12-6-16(7-13-21)23-15-4-2-1-3-5-15/h1-5,16-17,20H,6-14H2. The summed E-state index contributed by atoms with van der Waals surface area (Å²) in [6.07, 6.45) is 5.61. The van der Waals surface area contributed by atoms with Crippen LogP contribution in [0.2, 0.25) is 0 Å². The van der Waals surface area contributed by atoms with Crippen molar-refractivity contribution in [1.29, 1.82) is 0 Å². The van der Waals surface area contributed by atoms with Crippen LogP contribution in [0, 0.1) is 11.3 Å². The van der Waals surface area contributed by atoms with Gasteiger partial charge in [0, 0.05) is 31.8 Å². The highest BCUT2D eigenvalue weighted by Gasteiger charge is 2.58. The van der Waals surface area contributed by atoms with E-state index in [2.05, 4.69) is 10.2 Å². The van der Waals surface area contributed by atoms with E-state index in [1.165, 1.54) is 12.8 Å². The quantitative estimate of drug-likeness (QED) is 0.932. The van der Waals surface area contributed by atoms with Crippen molar-refractivity contribution >= 4 is 5.91 Å². The Morgan fingerprint density at radius 3 is 2.52 bits per heavy atom. The van der Waals surface area contributed by atoms with Crippen LogP contribution in [-0.4, -0.2) is 43.1 Å². The van der Waals surface area contributed by atoms with Crippen molar-refractivity contribution in [2.24, 2.45) is 11.3 Å². The number of carbonyl (C=O) groups excluding carboxylic acids is 1. The van der Waals surface area contributed by atoms with Crippen molar-refractivity contribution in [2.45, 2.75) is 38.2 Å². The zero-order valence-electron chi connectivity index (χ0n) is 13.7. The van der Waals surface area contributed by atoms with Gasteiger partial charge < -0.3 is 15.0 Å². The molecule has 0 bridgehead atoms. The Balaban J connectivity index is 1.27. The van der Waals surface area contributed by atoms with E-state index in [1.54, 1.807) is 0 Å². The fourth-order valence-corrected chi connectivity index (χ4v) is 4.28. The highest BCUT2D eigenvalue weighted by atomic mass is 16.5. The molecule has 0 aromatic heterocycles. The molecule has 3 fully saturated rings. The summed E-state index contributed by atoms with van der Waals surface area (Å²) >= 11 is 0. The van der Waals surface area contributed by atoms with E-state index in [0.717, 1.165) is 51.2 Å². The molecule has 3 aliphatic rings. The first-order chi connectivity index (χ1) is 11.3. The van der Waals surface area contributed by atoms with E-state index in [-0.39, 0.29) is 6.10 Å². The van der Waals surface area contributed by atoms with Gasteiger partial charge in [-0.2, -0.15) is 0 Å². The van der Waals surface area contributed by atoms with Gasteiger partial charge in [0.15, 0.2) is 0 Å². The van der Waals surface area contributed by atoms with Crippen LogP contribution in [0.4, 0.5) is 0 Å². The molecule has 1 amide bonds. The summed E-state index contributed by atoms with van der Waals surface area (Å²) in [5.41, 5.74) is 0.347. The largest absolute Gasteiger partial charge is 0.490 e. The topological polar surface area (TPSA) is 41.6 Å². The molecule has 2 aliphatic heterocycles. The minimum atomic E-state index is 0.244. The lowest BCUT2D eigenvalue weighted by Crippen LogP contribution is -2.43. The van der Waals surface area contributed by atoms with Crippen LogP contribution in [0.5, 0.6) is 5.75 Å². The molecule has 1 saturated carbocycles. The van der Waals surface area contributed by atoms with Crippen LogP contribution in [0.15, 0.2) is 30.3 Å². The summed E-state index contributed by atoms with van der Waals surface area (Å²) in [6.45, 7) is 3.86. The number of piperidine rings is 2. The van der Waals surface area contributed by atoms with E-state index in [4.69, 9.17) is 4.74 Å². The molecule has 1 N–H and O–H groups in total. The second kappa shape index (κ2) is 6.16. The summed E-state index contributed by atoms with van der Waals surface area (Å²) in [5, 5.41) is 3.41. The van der Waals surface area contributed by atoms with Gasteiger partial charge in [0.1, 0.15) is 11.9 Å². The van der Waals surface area contributed by atoms with Crippen LogP contribution in [0.3, 0.4) is 0 Å². The number of hydrogen-bond donors (Lipinski definition) is 1. The zero-order chi connectivity index (χ0) is 15.7. The highest BCUT2D eigenvalue weighted by molar-refractivity contribution is 5.82. The van der Waals surface area contributed by atoms with Crippen LogP contribution in [0.1, 0.15) is 32.1 Å². The number of rotatable bonds is 3. The Kier molecular flexibility index (Phi) is 4.02. The van der Waals surface area contributed by atoms with Crippen molar-refractivity contribution in [2.75, 3.05) is 26.2 Å². The number of para-hydroxylation sites is 1. The summed E-state index contributed by atoms with van der Waals surface area (Å²) in [5.74, 6) is 1.65. The Hall–Kier alpha value is -1.55. The first kappa shape index (κ1) is 15.0. The molecular weight excluding hydrogens is 288 g/mol. The number of amides is 1. The lowest BCUT2D eigenvalue weighted by molar-refractivity contribution is -0.135. The molecule has 124 valence electrons. The predicted octanol–water partition coefficient (Wildman–Crippen LogP) is 2.45. The molecule has 1 spiro atoms. The van der Waals surface area contributed by atoms with Gasteiger partial charge in [0.2, 0.25) is 5.91 Å². The molecule has 4 heteroatoms. The maximum absolute atomic E-state index is 12.8. The third-order valence-corrected chi connectivity index (χ3v) is 5.89. The van der Waals surface area contributed by atoms with Crippen LogP contribution in [0.25, 0.3) is 0 Å². The molecule has 1 aromatic carbocycles. The van der Waals surface area contributed by atoms with Crippen LogP contribution < -0.4 is 10.1 Å². The Morgan fingerprint density at radius 2 is 1.83 bits per heavy atom. The molecule has 4 rings (SSSR count). The van der Waals surface area contributed by atoms with Crippen molar-refractivity contribution in [1.82, 2.24) is 10.2 Å². The van der Waals surface area contributed by atoms with Gasteiger partial charge in [-0.25, -0.2) is 0 Å². The molecule has 1 unspecified atom stereocenters. The molecule has 1 aliphatic carbocycles. The van der Waals surface area contributed by atoms with Crippen LogP contribution in [-0.2, 0) is 4.79 Å². The normalized spacial score (nSPS) is 27.0. The van der Waals surface area contributed by atoms with Crippen molar-refractivity contribution in [3.63, 3.8) is 0 Å². The molecule has 1 aromatic rings. The number of hydrogen-bond acceptors (Lipinski definition) is 3. The number of carbonyl (C=O) groups is 1. The molecule has 2 heterocycles. The second-order valence-corrected chi connectivity index (χ2v) is 7.32. The molecule has 0 radical (unpaired) electrons. The van der Waals surface area contributed by atoms with Gasteiger partial charge in [0.05, 0.1) is 0 Å². The second-order valence-electron chi connectivity index (χ2n) is 7.32. The molecular formula is C19H26N2O2. The van der Waals surface area contributed by atoms with Gasteiger partial charge in [-0.05, 0) is 49.9 Å². The SMILES string of the molecule is O=C(C1CC12CCNCC2)N1CCC(Oc2ccccc2)CC1. The predicted molar refractivity (Wildman–Crippen MR) is 89.3 cm³/mol. The molecule has 2 saturated heterocycles. The van der Waals surface area contributed by atoms with Gasteiger partial charge in [-0.15, -0.1) is 0 Å². The summed E-state index contributed by atoms with van der Waals surface area (Å²) in [7, 11) is 0. The van der Waals surface area contributed by atoms with Crippen molar-refractivity contribution in [3.05, 3.63) is 30.3 Å². The van der Waals surface area contributed by atoms with E-state index in [9.17, 15) is 4.79 Å². The van der Waals surface area contributed by atoms with E-state index >= 15 is 0 Å². The van der Waals surface area contributed by atoms with Gasteiger partial charge in [0.25, 0.3) is 0 Å². The lowest BCUT2D eigenvalue weighted by Gasteiger charge is -2.33. The number of likely N-dealkylation sites (tertiary alicyclic amines) is 1. The number of ether oxygens (including phenoxy) is 1. The summed E-state index contributed by atoms with van der Waals surface area (Å²) < 4.78 is 6.02. The van der Waals surface area contributed by atoms with Gasteiger partial charge in [-0.1, -0.05) is 18.2 Å². The monoisotopic (exact) mass is 314 g/mol. The molecule has 23 heavy (non-hydrogen) atoms. The maximum atomic E-state index is 12.8. The van der Waals surface area contributed by atoms with Crippen molar-refractivity contribution < 1.29 is 9.53 Å². The first-order valence-corrected chi connectivity index (χ1v) is 8.98.